The van der Waals surface area contributed by atoms with Gasteiger partial charge in [0.25, 0.3) is 0 Å². The van der Waals surface area contributed by atoms with Crippen LogP contribution in [0.2, 0.25) is 0 Å². The third-order valence-electron chi connectivity index (χ3n) is 6.76. The van der Waals surface area contributed by atoms with Crippen molar-refractivity contribution in [3.05, 3.63) is 70.8 Å². The molecular weight excluding hydrogens is 350 g/mol. The molecule has 2 aromatic carbocycles. The summed E-state index contributed by atoms with van der Waals surface area (Å²) in [6.45, 7) is 2.28. The first-order valence-corrected chi connectivity index (χ1v) is 11.9. The maximum Gasteiger partial charge on any atom is 0.0991 e. The third kappa shape index (κ3) is 6.74. The number of benzene rings is 2. The van der Waals surface area contributed by atoms with Gasteiger partial charge in [-0.1, -0.05) is 81.8 Å². The Bertz CT molecular complexity index is 742. The number of nitriles is 1. The zero-order valence-electron chi connectivity index (χ0n) is 18.2. The van der Waals surface area contributed by atoms with E-state index in [1.165, 1.54) is 93.7 Å². The van der Waals surface area contributed by atoms with Crippen molar-refractivity contribution >= 4 is 0 Å². The Morgan fingerprint density at radius 1 is 0.690 bits per heavy atom. The summed E-state index contributed by atoms with van der Waals surface area (Å²) in [5.41, 5.74) is 5.21. The predicted octanol–water partition coefficient (Wildman–Crippen LogP) is 8.29. The standard InChI is InChI=1S/C28H37N/c1-2-3-4-5-6-7-8-9-23-10-14-25(15-11-23)27-18-20-28(21-19-27)26-16-12-24(22-29)13-17-26/h10-17,27-28H,2-9,18-21H2,1H3. The summed E-state index contributed by atoms with van der Waals surface area (Å²) in [4.78, 5) is 0. The van der Waals surface area contributed by atoms with Gasteiger partial charge in [-0.3, -0.25) is 0 Å². The van der Waals surface area contributed by atoms with Crippen molar-refractivity contribution in [3.8, 4) is 6.07 Å². The van der Waals surface area contributed by atoms with Gasteiger partial charge >= 0.3 is 0 Å². The minimum absolute atomic E-state index is 0.663. The van der Waals surface area contributed by atoms with Gasteiger partial charge in [-0.05, 0) is 79.2 Å². The van der Waals surface area contributed by atoms with Crippen LogP contribution in [0.25, 0.3) is 0 Å². The summed E-state index contributed by atoms with van der Waals surface area (Å²) < 4.78 is 0. The first-order chi connectivity index (χ1) is 14.3. The second kappa shape index (κ2) is 11.8. The number of hydrogen-bond acceptors (Lipinski definition) is 1. The van der Waals surface area contributed by atoms with Crippen molar-refractivity contribution in [2.24, 2.45) is 0 Å². The Hall–Kier alpha value is -2.07. The molecule has 2 aromatic rings. The SMILES string of the molecule is CCCCCCCCCc1ccc(C2CCC(c3ccc(C#N)cc3)CC2)cc1. The lowest BCUT2D eigenvalue weighted by Gasteiger charge is -2.29. The quantitative estimate of drug-likeness (QED) is 0.376. The molecule has 1 aliphatic rings. The van der Waals surface area contributed by atoms with E-state index >= 15 is 0 Å². The van der Waals surface area contributed by atoms with E-state index in [0.717, 1.165) is 11.5 Å². The van der Waals surface area contributed by atoms with Gasteiger partial charge in [-0.2, -0.15) is 5.26 Å². The van der Waals surface area contributed by atoms with Gasteiger partial charge in [0.1, 0.15) is 0 Å². The van der Waals surface area contributed by atoms with Gasteiger partial charge in [-0.25, -0.2) is 0 Å². The van der Waals surface area contributed by atoms with Crippen molar-refractivity contribution in [2.45, 2.75) is 95.8 Å². The average Bonchev–Trinajstić information content (AvgIpc) is 2.79. The maximum absolute atomic E-state index is 8.97. The van der Waals surface area contributed by atoms with Crippen molar-refractivity contribution in [3.63, 3.8) is 0 Å². The zero-order valence-corrected chi connectivity index (χ0v) is 18.2. The van der Waals surface area contributed by atoms with E-state index in [1.54, 1.807) is 0 Å². The molecule has 29 heavy (non-hydrogen) atoms. The van der Waals surface area contributed by atoms with E-state index < -0.39 is 0 Å². The van der Waals surface area contributed by atoms with Gasteiger partial charge in [0.2, 0.25) is 0 Å². The number of nitrogens with zero attached hydrogens (tertiary/aromatic N) is 1. The van der Waals surface area contributed by atoms with Crippen LogP contribution in [0.15, 0.2) is 48.5 Å². The molecule has 0 unspecified atom stereocenters. The van der Waals surface area contributed by atoms with Crippen LogP contribution in [0, 0.1) is 11.3 Å². The van der Waals surface area contributed by atoms with Crippen LogP contribution < -0.4 is 0 Å². The third-order valence-corrected chi connectivity index (χ3v) is 6.76. The summed E-state index contributed by atoms with van der Waals surface area (Å²) in [5, 5.41) is 8.97. The fourth-order valence-corrected chi connectivity index (χ4v) is 4.83. The summed E-state index contributed by atoms with van der Waals surface area (Å²) in [5.74, 6) is 1.38. The van der Waals surface area contributed by atoms with Crippen molar-refractivity contribution < 1.29 is 0 Å². The molecular formula is C28H37N. The number of aryl methyl sites for hydroxylation is 1. The smallest absolute Gasteiger partial charge is 0.0991 e. The lowest BCUT2D eigenvalue weighted by Crippen LogP contribution is -2.12. The molecule has 1 fully saturated rings. The Labute approximate surface area is 178 Å². The number of unbranched alkanes of at least 4 members (excludes halogenated alkanes) is 6. The molecule has 1 heteroatoms. The highest BCUT2D eigenvalue weighted by atomic mass is 14.3. The molecule has 154 valence electrons. The molecule has 0 aromatic heterocycles. The number of hydrogen-bond donors (Lipinski definition) is 0. The molecule has 0 aliphatic heterocycles. The van der Waals surface area contributed by atoms with Crippen molar-refractivity contribution in [1.82, 2.24) is 0 Å². The van der Waals surface area contributed by atoms with Crippen LogP contribution in [-0.4, -0.2) is 0 Å². The molecule has 1 nitrogen and oxygen atoms in total. The molecule has 1 saturated carbocycles. The normalized spacial score (nSPS) is 19.0. The first-order valence-electron chi connectivity index (χ1n) is 11.9. The summed E-state index contributed by atoms with van der Waals surface area (Å²) in [6.07, 6.45) is 16.0. The van der Waals surface area contributed by atoms with Gasteiger partial charge in [0.05, 0.1) is 11.6 Å². The second-order valence-corrected chi connectivity index (χ2v) is 8.90. The number of rotatable bonds is 10. The predicted molar refractivity (Wildman–Crippen MR) is 123 cm³/mol. The lowest BCUT2D eigenvalue weighted by molar-refractivity contribution is 0.396. The van der Waals surface area contributed by atoms with Crippen LogP contribution in [0.5, 0.6) is 0 Å². The van der Waals surface area contributed by atoms with E-state index in [9.17, 15) is 0 Å². The minimum atomic E-state index is 0.663. The minimum Gasteiger partial charge on any atom is -0.192 e. The van der Waals surface area contributed by atoms with E-state index in [-0.39, 0.29) is 0 Å². The molecule has 3 rings (SSSR count). The monoisotopic (exact) mass is 387 g/mol. The van der Waals surface area contributed by atoms with Crippen molar-refractivity contribution in [1.29, 1.82) is 5.26 Å². The molecule has 1 aliphatic carbocycles. The van der Waals surface area contributed by atoms with Crippen LogP contribution in [-0.2, 0) is 6.42 Å². The van der Waals surface area contributed by atoms with Crippen LogP contribution in [0.4, 0.5) is 0 Å². The molecule has 0 amide bonds. The van der Waals surface area contributed by atoms with E-state index in [1.807, 2.05) is 12.1 Å². The Kier molecular flexibility index (Phi) is 8.82. The van der Waals surface area contributed by atoms with E-state index in [2.05, 4.69) is 49.4 Å². The molecule has 0 spiro atoms. The Morgan fingerprint density at radius 3 is 1.69 bits per heavy atom. The van der Waals surface area contributed by atoms with Gasteiger partial charge < -0.3 is 0 Å². The molecule has 0 radical (unpaired) electrons. The molecule has 0 bridgehead atoms. The highest BCUT2D eigenvalue weighted by Gasteiger charge is 2.23. The van der Waals surface area contributed by atoms with Crippen LogP contribution >= 0.6 is 0 Å². The van der Waals surface area contributed by atoms with Gasteiger partial charge in [0.15, 0.2) is 0 Å². The highest BCUT2D eigenvalue weighted by molar-refractivity contribution is 5.33. The Morgan fingerprint density at radius 2 is 1.17 bits per heavy atom. The van der Waals surface area contributed by atoms with Gasteiger partial charge in [0, 0.05) is 0 Å². The van der Waals surface area contributed by atoms with Crippen molar-refractivity contribution in [2.75, 3.05) is 0 Å². The summed E-state index contributed by atoms with van der Waals surface area (Å²) >= 11 is 0. The zero-order chi connectivity index (χ0) is 20.3. The largest absolute Gasteiger partial charge is 0.192 e. The summed E-state index contributed by atoms with van der Waals surface area (Å²) in [7, 11) is 0. The average molecular weight is 388 g/mol. The molecule has 0 N–H and O–H groups in total. The van der Waals surface area contributed by atoms with Crippen LogP contribution in [0.3, 0.4) is 0 Å². The molecule has 0 heterocycles. The summed E-state index contributed by atoms with van der Waals surface area (Å²) in [6, 6.07) is 20.0. The second-order valence-electron chi connectivity index (χ2n) is 8.90. The lowest BCUT2D eigenvalue weighted by atomic mass is 9.76. The van der Waals surface area contributed by atoms with Crippen LogP contribution in [0.1, 0.15) is 112 Å². The maximum atomic E-state index is 8.97. The van der Waals surface area contributed by atoms with E-state index in [4.69, 9.17) is 5.26 Å². The fraction of sp³-hybridized carbons (Fsp3) is 0.536. The van der Waals surface area contributed by atoms with Gasteiger partial charge in [-0.15, -0.1) is 0 Å². The first kappa shape index (κ1) is 21.6. The van der Waals surface area contributed by atoms with E-state index in [0.29, 0.717) is 5.92 Å². The topological polar surface area (TPSA) is 23.8 Å². The Balaban J connectivity index is 1.40. The molecule has 0 atom stereocenters. The highest BCUT2D eigenvalue weighted by Crippen LogP contribution is 2.40. The molecule has 0 saturated heterocycles. The fourth-order valence-electron chi connectivity index (χ4n) is 4.83.